The molecule has 0 radical (unpaired) electrons. The average molecular weight is 264 g/mol. The number of rotatable bonds is 7. The van der Waals surface area contributed by atoms with Gasteiger partial charge in [0.1, 0.15) is 5.75 Å². The number of ether oxygens (including phenoxy) is 1. The maximum absolute atomic E-state index is 11.0. The summed E-state index contributed by atoms with van der Waals surface area (Å²) < 4.78 is 5.78. The van der Waals surface area contributed by atoms with E-state index in [4.69, 9.17) is 16.2 Å². The molecule has 1 amide bonds. The summed E-state index contributed by atoms with van der Waals surface area (Å²) in [5.74, 6) is 0.187. The van der Waals surface area contributed by atoms with E-state index in [1.54, 1.807) is 6.92 Å². The Morgan fingerprint density at radius 3 is 2.68 bits per heavy atom. The number of para-hydroxylation sites is 1. The molecule has 106 valence electrons. The fourth-order valence-corrected chi connectivity index (χ4v) is 1.80. The van der Waals surface area contributed by atoms with Gasteiger partial charge >= 0.3 is 0 Å². The smallest absolute Gasteiger partial charge is 0.223 e. The molecule has 1 rings (SSSR count). The Morgan fingerprint density at radius 1 is 1.42 bits per heavy atom. The molecular formula is C15H24N2O2. The molecule has 0 aliphatic heterocycles. The second-order valence-corrected chi connectivity index (χ2v) is 5.05. The summed E-state index contributed by atoms with van der Waals surface area (Å²) in [6, 6.07) is 6.13. The summed E-state index contributed by atoms with van der Waals surface area (Å²) in [6.07, 6.45) is 1.70. The second kappa shape index (κ2) is 7.14. The number of carbonyl (C=O) groups is 1. The second-order valence-electron chi connectivity index (χ2n) is 5.05. The van der Waals surface area contributed by atoms with Crippen LogP contribution in [0.4, 0.5) is 0 Å². The van der Waals surface area contributed by atoms with E-state index in [1.165, 1.54) is 0 Å². The van der Waals surface area contributed by atoms with Crippen LogP contribution in [-0.4, -0.2) is 18.6 Å². The summed E-state index contributed by atoms with van der Waals surface area (Å²) in [5.41, 5.74) is 13.4. The summed E-state index contributed by atoms with van der Waals surface area (Å²) in [6.45, 7) is 6.12. The van der Waals surface area contributed by atoms with Crippen LogP contribution in [0.2, 0.25) is 0 Å². The van der Waals surface area contributed by atoms with E-state index in [0.29, 0.717) is 6.61 Å². The highest BCUT2D eigenvalue weighted by Gasteiger charge is 2.14. The van der Waals surface area contributed by atoms with Crippen LogP contribution in [0.25, 0.3) is 0 Å². The molecule has 0 heterocycles. The van der Waals surface area contributed by atoms with Crippen LogP contribution in [0.1, 0.15) is 31.4 Å². The minimum absolute atomic E-state index is 0.123. The standard InChI is InChI=1S/C15H24N2O2/c1-4-13(16)8-12-7-5-6-10(2)14(12)19-9-11(3)15(17)18/h5-7,11,13H,4,8-9,16H2,1-3H3,(H2,17,18). The fraction of sp³-hybridized carbons (Fsp3) is 0.533. The lowest BCUT2D eigenvalue weighted by atomic mass is 10.0. The van der Waals surface area contributed by atoms with Gasteiger partial charge in [-0.05, 0) is 30.9 Å². The summed E-state index contributed by atoms with van der Waals surface area (Å²) in [5, 5.41) is 0. The van der Waals surface area contributed by atoms with Gasteiger partial charge in [-0.3, -0.25) is 4.79 Å². The van der Waals surface area contributed by atoms with Gasteiger partial charge in [-0.2, -0.15) is 0 Å². The van der Waals surface area contributed by atoms with Gasteiger partial charge in [-0.1, -0.05) is 32.0 Å². The number of benzene rings is 1. The predicted octanol–water partition coefficient (Wildman–Crippen LogP) is 1.78. The lowest BCUT2D eigenvalue weighted by molar-refractivity contribution is -0.122. The van der Waals surface area contributed by atoms with Crippen molar-refractivity contribution in [3.63, 3.8) is 0 Å². The molecule has 1 aromatic rings. The van der Waals surface area contributed by atoms with Gasteiger partial charge in [0.25, 0.3) is 0 Å². The third-order valence-electron chi connectivity index (χ3n) is 3.26. The van der Waals surface area contributed by atoms with Crippen molar-refractivity contribution < 1.29 is 9.53 Å². The van der Waals surface area contributed by atoms with E-state index in [2.05, 4.69) is 6.92 Å². The van der Waals surface area contributed by atoms with E-state index in [9.17, 15) is 4.79 Å². The zero-order valence-corrected chi connectivity index (χ0v) is 12.0. The van der Waals surface area contributed by atoms with Gasteiger partial charge in [0, 0.05) is 6.04 Å². The average Bonchev–Trinajstić information content (AvgIpc) is 2.37. The summed E-state index contributed by atoms with van der Waals surface area (Å²) in [4.78, 5) is 11.0. The molecule has 2 atom stereocenters. The molecule has 0 bridgehead atoms. The highest BCUT2D eigenvalue weighted by molar-refractivity contribution is 5.76. The number of nitrogens with two attached hydrogens (primary N) is 2. The van der Waals surface area contributed by atoms with Gasteiger partial charge in [0.15, 0.2) is 0 Å². The molecule has 0 saturated heterocycles. The third-order valence-corrected chi connectivity index (χ3v) is 3.26. The molecule has 0 fully saturated rings. The first kappa shape index (κ1) is 15.5. The monoisotopic (exact) mass is 264 g/mol. The first-order valence-corrected chi connectivity index (χ1v) is 6.71. The van der Waals surface area contributed by atoms with Gasteiger partial charge in [-0.25, -0.2) is 0 Å². The minimum Gasteiger partial charge on any atom is -0.492 e. The lowest BCUT2D eigenvalue weighted by Crippen LogP contribution is -2.26. The van der Waals surface area contributed by atoms with Crippen LogP contribution in [0.15, 0.2) is 18.2 Å². The van der Waals surface area contributed by atoms with Gasteiger partial charge in [-0.15, -0.1) is 0 Å². The van der Waals surface area contributed by atoms with Crippen molar-refractivity contribution in [2.24, 2.45) is 17.4 Å². The molecule has 0 aliphatic rings. The maximum Gasteiger partial charge on any atom is 0.223 e. The molecule has 0 saturated carbocycles. The number of aryl methyl sites for hydroxylation is 1. The summed E-state index contributed by atoms with van der Waals surface area (Å²) >= 11 is 0. The van der Waals surface area contributed by atoms with E-state index < -0.39 is 0 Å². The highest BCUT2D eigenvalue weighted by atomic mass is 16.5. The van der Waals surface area contributed by atoms with Crippen molar-refractivity contribution in [3.8, 4) is 5.75 Å². The van der Waals surface area contributed by atoms with Crippen LogP contribution < -0.4 is 16.2 Å². The van der Waals surface area contributed by atoms with Crippen LogP contribution >= 0.6 is 0 Å². The summed E-state index contributed by atoms with van der Waals surface area (Å²) in [7, 11) is 0. The van der Waals surface area contributed by atoms with Crippen molar-refractivity contribution in [2.75, 3.05) is 6.61 Å². The number of carbonyl (C=O) groups excluding carboxylic acids is 1. The van der Waals surface area contributed by atoms with E-state index in [-0.39, 0.29) is 17.9 Å². The molecule has 0 aliphatic carbocycles. The Balaban J connectivity index is 2.82. The van der Waals surface area contributed by atoms with Gasteiger partial charge in [0.05, 0.1) is 12.5 Å². The van der Waals surface area contributed by atoms with Crippen LogP contribution in [0.5, 0.6) is 5.75 Å². The SMILES string of the molecule is CCC(N)Cc1cccc(C)c1OCC(C)C(N)=O. The Labute approximate surface area is 115 Å². The van der Waals surface area contributed by atoms with E-state index in [0.717, 1.165) is 29.7 Å². The van der Waals surface area contributed by atoms with Crippen LogP contribution in [-0.2, 0) is 11.2 Å². The highest BCUT2D eigenvalue weighted by Crippen LogP contribution is 2.25. The Bertz CT molecular complexity index is 432. The van der Waals surface area contributed by atoms with E-state index in [1.807, 2.05) is 25.1 Å². The van der Waals surface area contributed by atoms with Crippen molar-refractivity contribution >= 4 is 5.91 Å². The van der Waals surface area contributed by atoms with Gasteiger partial charge < -0.3 is 16.2 Å². The number of amides is 1. The molecular weight excluding hydrogens is 240 g/mol. The molecule has 4 heteroatoms. The quantitative estimate of drug-likeness (QED) is 0.788. The number of primary amides is 1. The third kappa shape index (κ3) is 4.56. The first-order chi connectivity index (χ1) is 8.95. The van der Waals surface area contributed by atoms with Crippen molar-refractivity contribution in [1.29, 1.82) is 0 Å². The minimum atomic E-state index is -0.347. The zero-order valence-electron chi connectivity index (χ0n) is 12.0. The molecule has 0 aromatic heterocycles. The Hall–Kier alpha value is -1.55. The van der Waals surface area contributed by atoms with Crippen LogP contribution in [0.3, 0.4) is 0 Å². The molecule has 2 unspecified atom stereocenters. The molecule has 4 N–H and O–H groups in total. The van der Waals surface area contributed by atoms with Crippen molar-refractivity contribution in [1.82, 2.24) is 0 Å². The lowest BCUT2D eigenvalue weighted by Gasteiger charge is -2.18. The number of hydrogen-bond donors (Lipinski definition) is 2. The predicted molar refractivity (Wildman–Crippen MR) is 77.0 cm³/mol. The zero-order chi connectivity index (χ0) is 14.4. The van der Waals surface area contributed by atoms with Crippen molar-refractivity contribution in [2.45, 2.75) is 39.7 Å². The largest absolute Gasteiger partial charge is 0.492 e. The topological polar surface area (TPSA) is 78.3 Å². The molecule has 0 spiro atoms. The van der Waals surface area contributed by atoms with Crippen LogP contribution in [0, 0.1) is 12.8 Å². The number of hydrogen-bond acceptors (Lipinski definition) is 3. The normalized spacial score (nSPS) is 13.9. The molecule has 1 aromatic carbocycles. The maximum atomic E-state index is 11.0. The fourth-order valence-electron chi connectivity index (χ4n) is 1.80. The Morgan fingerprint density at radius 2 is 2.11 bits per heavy atom. The Kier molecular flexibility index (Phi) is 5.83. The molecule has 19 heavy (non-hydrogen) atoms. The van der Waals surface area contributed by atoms with Crippen molar-refractivity contribution in [3.05, 3.63) is 29.3 Å². The van der Waals surface area contributed by atoms with Gasteiger partial charge in [0.2, 0.25) is 5.91 Å². The van der Waals surface area contributed by atoms with E-state index >= 15 is 0 Å². The molecule has 4 nitrogen and oxygen atoms in total. The first-order valence-electron chi connectivity index (χ1n) is 6.71.